The van der Waals surface area contributed by atoms with E-state index in [0.717, 1.165) is 60.3 Å². The van der Waals surface area contributed by atoms with Crippen LogP contribution in [0.3, 0.4) is 0 Å². The maximum Gasteiger partial charge on any atom is 0.145 e. The fourth-order valence-electron chi connectivity index (χ4n) is 5.40. The molecule has 1 N–H and O–H groups in total. The van der Waals surface area contributed by atoms with Gasteiger partial charge in [-0.25, -0.2) is 4.98 Å². The first-order valence-electron chi connectivity index (χ1n) is 11.7. The summed E-state index contributed by atoms with van der Waals surface area (Å²) in [6.45, 7) is 6.41. The first kappa shape index (κ1) is 20.6. The minimum absolute atomic E-state index is 0.693. The van der Waals surface area contributed by atoms with Crippen molar-refractivity contribution in [3.63, 3.8) is 0 Å². The van der Waals surface area contributed by atoms with Crippen LogP contribution in [-0.4, -0.2) is 62.9 Å². The molecule has 2 saturated heterocycles. The quantitative estimate of drug-likeness (QED) is 0.492. The second kappa shape index (κ2) is 9.05. The number of rotatable bonds is 9. The first-order valence-corrected chi connectivity index (χ1v) is 11.7. The van der Waals surface area contributed by atoms with Crippen LogP contribution >= 0.6 is 0 Å². The molecular formula is C25H34N4O2. The van der Waals surface area contributed by atoms with Crippen molar-refractivity contribution in [1.29, 1.82) is 0 Å². The summed E-state index contributed by atoms with van der Waals surface area (Å²) in [5.41, 5.74) is 2.12. The molecule has 1 aliphatic carbocycles. The molecule has 2 bridgehead atoms. The van der Waals surface area contributed by atoms with Crippen LogP contribution in [-0.2, 0) is 6.54 Å². The van der Waals surface area contributed by atoms with Gasteiger partial charge in [-0.2, -0.15) is 0 Å². The zero-order chi connectivity index (χ0) is 21.2. The van der Waals surface area contributed by atoms with E-state index in [1.54, 1.807) is 14.2 Å². The second-order valence-electron chi connectivity index (χ2n) is 9.00. The zero-order valence-corrected chi connectivity index (χ0v) is 18.8. The van der Waals surface area contributed by atoms with Gasteiger partial charge in [0.1, 0.15) is 22.8 Å². The van der Waals surface area contributed by atoms with Gasteiger partial charge >= 0.3 is 0 Å². The molecule has 5 rings (SSSR count). The first-order chi connectivity index (χ1) is 15.3. The van der Waals surface area contributed by atoms with Gasteiger partial charge in [0.25, 0.3) is 0 Å². The standard InChI is InChI=1S/C25H34N4O2/c1-30-22-8-9-23(31-2)24-21(22)15-19(25(27-24)28-11-3-4-12-28)16-26-10-5-13-29-17-18-6-7-20(29)14-18/h6-9,15,18,20,26H,3-5,10-14,16-17H2,1-2H3. The summed E-state index contributed by atoms with van der Waals surface area (Å²) < 4.78 is 11.2. The SMILES string of the molecule is COc1ccc(OC)c2nc(N3CCCC3)c(CNCCCN3CC4C=CC3C4)cc12. The van der Waals surface area contributed by atoms with Crippen molar-refractivity contribution < 1.29 is 9.47 Å². The lowest BCUT2D eigenvalue weighted by molar-refractivity contribution is 0.274. The molecule has 0 amide bonds. The maximum absolute atomic E-state index is 5.63. The summed E-state index contributed by atoms with van der Waals surface area (Å²) in [4.78, 5) is 10.1. The number of nitrogens with zero attached hydrogens (tertiary/aromatic N) is 3. The van der Waals surface area contributed by atoms with Gasteiger partial charge in [-0.3, -0.25) is 4.90 Å². The van der Waals surface area contributed by atoms with E-state index in [0.29, 0.717) is 6.04 Å². The van der Waals surface area contributed by atoms with Gasteiger partial charge in [0.05, 0.1) is 14.2 Å². The molecule has 31 heavy (non-hydrogen) atoms. The number of hydrogen-bond acceptors (Lipinski definition) is 6. The lowest BCUT2D eigenvalue weighted by Gasteiger charge is -2.24. The predicted molar refractivity (Wildman–Crippen MR) is 125 cm³/mol. The molecule has 1 aromatic carbocycles. The zero-order valence-electron chi connectivity index (χ0n) is 18.8. The third-order valence-corrected chi connectivity index (χ3v) is 7.01. The van der Waals surface area contributed by atoms with Gasteiger partial charge in [0.15, 0.2) is 0 Å². The summed E-state index contributed by atoms with van der Waals surface area (Å²) in [5, 5.41) is 4.70. The average molecular weight is 423 g/mol. The molecule has 0 radical (unpaired) electrons. The molecule has 2 aromatic rings. The summed E-state index contributed by atoms with van der Waals surface area (Å²) in [7, 11) is 3.42. The normalized spacial score (nSPS) is 22.7. The molecule has 6 heteroatoms. The summed E-state index contributed by atoms with van der Waals surface area (Å²) in [5.74, 6) is 3.53. The number of nitrogens with one attached hydrogen (secondary N) is 1. The number of fused-ring (bicyclic) bond motifs is 3. The van der Waals surface area contributed by atoms with Crippen LogP contribution in [0, 0.1) is 5.92 Å². The topological polar surface area (TPSA) is 49.9 Å². The Hall–Kier alpha value is -2.31. The van der Waals surface area contributed by atoms with Gasteiger partial charge in [0.2, 0.25) is 0 Å². The number of hydrogen-bond donors (Lipinski definition) is 1. The molecule has 6 nitrogen and oxygen atoms in total. The third-order valence-electron chi connectivity index (χ3n) is 7.01. The molecule has 2 atom stereocenters. The summed E-state index contributed by atoms with van der Waals surface area (Å²) >= 11 is 0. The van der Waals surface area contributed by atoms with Gasteiger partial charge in [-0.05, 0) is 62.9 Å². The van der Waals surface area contributed by atoms with Crippen molar-refractivity contribution in [2.45, 2.75) is 38.3 Å². The molecule has 2 aliphatic heterocycles. The molecule has 2 unspecified atom stereocenters. The van der Waals surface area contributed by atoms with Crippen LogP contribution in [0.15, 0.2) is 30.4 Å². The highest BCUT2D eigenvalue weighted by Crippen LogP contribution is 2.36. The highest BCUT2D eigenvalue weighted by atomic mass is 16.5. The molecule has 0 saturated carbocycles. The predicted octanol–water partition coefficient (Wildman–Crippen LogP) is 3.59. The molecule has 166 valence electrons. The van der Waals surface area contributed by atoms with E-state index in [1.807, 2.05) is 12.1 Å². The minimum Gasteiger partial charge on any atom is -0.496 e. The number of anilines is 1. The van der Waals surface area contributed by atoms with Gasteiger partial charge < -0.3 is 19.7 Å². The number of methoxy groups -OCH3 is 2. The van der Waals surface area contributed by atoms with Crippen LogP contribution in [0.1, 0.15) is 31.2 Å². The van der Waals surface area contributed by atoms with Gasteiger partial charge in [0, 0.05) is 43.2 Å². The van der Waals surface area contributed by atoms with Crippen molar-refractivity contribution in [2.24, 2.45) is 5.92 Å². The fourth-order valence-corrected chi connectivity index (χ4v) is 5.40. The smallest absolute Gasteiger partial charge is 0.145 e. The van der Waals surface area contributed by atoms with Crippen LogP contribution in [0.5, 0.6) is 11.5 Å². The van der Waals surface area contributed by atoms with Crippen molar-refractivity contribution in [3.8, 4) is 11.5 Å². The average Bonchev–Trinajstić information content (AvgIpc) is 3.56. The van der Waals surface area contributed by atoms with E-state index < -0.39 is 0 Å². The number of aromatic nitrogens is 1. The van der Waals surface area contributed by atoms with Crippen molar-refractivity contribution in [2.75, 3.05) is 51.8 Å². The molecule has 3 aliphatic rings. The maximum atomic E-state index is 5.63. The molecule has 3 heterocycles. The number of benzene rings is 1. The Morgan fingerprint density at radius 3 is 2.61 bits per heavy atom. The van der Waals surface area contributed by atoms with Gasteiger partial charge in [-0.1, -0.05) is 12.2 Å². The van der Waals surface area contributed by atoms with Crippen molar-refractivity contribution >= 4 is 16.7 Å². The van der Waals surface area contributed by atoms with E-state index in [-0.39, 0.29) is 0 Å². The molecule has 0 spiro atoms. The Bertz CT molecular complexity index is 954. The van der Waals surface area contributed by atoms with Crippen LogP contribution in [0.2, 0.25) is 0 Å². The Morgan fingerprint density at radius 2 is 1.90 bits per heavy atom. The van der Waals surface area contributed by atoms with E-state index in [1.165, 1.54) is 44.3 Å². The minimum atomic E-state index is 0.693. The monoisotopic (exact) mass is 422 g/mol. The Balaban J connectivity index is 1.31. The molecular weight excluding hydrogens is 388 g/mol. The largest absolute Gasteiger partial charge is 0.496 e. The Kier molecular flexibility index (Phi) is 6.01. The second-order valence-corrected chi connectivity index (χ2v) is 9.00. The lowest BCUT2D eigenvalue weighted by Crippen LogP contribution is -2.32. The van der Waals surface area contributed by atoms with Gasteiger partial charge in [-0.15, -0.1) is 0 Å². The highest BCUT2D eigenvalue weighted by Gasteiger charge is 2.32. The Labute approximate surface area is 185 Å². The Morgan fingerprint density at radius 1 is 1.10 bits per heavy atom. The van der Waals surface area contributed by atoms with Crippen LogP contribution in [0.25, 0.3) is 10.9 Å². The third kappa shape index (κ3) is 4.11. The number of likely N-dealkylation sites (tertiary alicyclic amines) is 1. The van der Waals surface area contributed by atoms with Crippen molar-refractivity contribution in [3.05, 3.63) is 35.9 Å². The van der Waals surface area contributed by atoms with E-state index in [2.05, 4.69) is 33.3 Å². The van der Waals surface area contributed by atoms with Crippen LogP contribution in [0.4, 0.5) is 5.82 Å². The number of ether oxygens (including phenoxy) is 2. The summed E-state index contributed by atoms with van der Waals surface area (Å²) in [6, 6.07) is 6.85. The molecule has 1 aromatic heterocycles. The van der Waals surface area contributed by atoms with Crippen LogP contribution < -0.4 is 19.7 Å². The summed E-state index contributed by atoms with van der Waals surface area (Å²) in [6.07, 6.45) is 9.76. The fraction of sp³-hybridized carbons (Fsp3) is 0.560. The van der Waals surface area contributed by atoms with E-state index >= 15 is 0 Å². The van der Waals surface area contributed by atoms with E-state index in [9.17, 15) is 0 Å². The molecule has 2 fully saturated rings. The highest BCUT2D eigenvalue weighted by molar-refractivity contribution is 5.92. The van der Waals surface area contributed by atoms with E-state index in [4.69, 9.17) is 14.5 Å². The lowest BCUT2D eigenvalue weighted by atomic mass is 10.1. The van der Waals surface area contributed by atoms with Crippen molar-refractivity contribution in [1.82, 2.24) is 15.2 Å². The number of pyridine rings is 1.